The second kappa shape index (κ2) is 9.54. The van der Waals surface area contributed by atoms with Crippen LogP contribution in [0, 0.1) is 11.3 Å². The normalized spacial score (nSPS) is 10.5. The van der Waals surface area contributed by atoms with Gasteiger partial charge in [0.15, 0.2) is 0 Å². The summed E-state index contributed by atoms with van der Waals surface area (Å²) in [6.07, 6.45) is 3.48. The summed E-state index contributed by atoms with van der Waals surface area (Å²) in [5, 5.41) is 18.7. The SMILES string of the molecule is N#Cc1ccc(/C=C/c2nc3ccccc3c(=O)n2-c2cccc(C(=O)O)c2)cc1.[Na]. The van der Waals surface area contributed by atoms with Crippen LogP contribution >= 0.6 is 0 Å². The van der Waals surface area contributed by atoms with Crippen molar-refractivity contribution in [2.75, 3.05) is 0 Å². The molecule has 0 aliphatic heterocycles. The molecule has 0 saturated carbocycles. The molecular weight excluding hydrogens is 401 g/mol. The maximum atomic E-state index is 13.2. The summed E-state index contributed by atoms with van der Waals surface area (Å²) in [6, 6.07) is 22.3. The average Bonchev–Trinajstić information content (AvgIpc) is 2.78. The van der Waals surface area contributed by atoms with Gasteiger partial charge in [-0.2, -0.15) is 5.26 Å². The molecule has 1 heterocycles. The van der Waals surface area contributed by atoms with Crippen molar-refractivity contribution in [2.45, 2.75) is 0 Å². The third kappa shape index (κ3) is 4.65. The fourth-order valence-electron chi connectivity index (χ4n) is 3.13. The molecule has 31 heavy (non-hydrogen) atoms. The van der Waals surface area contributed by atoms with Crippen LogP contribution in [-0.4, -0.2) is 50.2 Å². The molecule has 3 aromatic carbocycles. The van der Waals surface area contributed by atoms with Crippen molar-refractivity contribution in [3.8, 4) is 11.8 Å². The Morgan fingerprint density at radius 3 is 2.45 bits per heavy atom. The van der Waals surface area contributed by atoms with E-state index in [1.54, 1.807) is 72.8 Å². The Morgan fingerprint density at radius 2 is 1.74 bits per heavy atom. The van der Waals surface area contributed by atoms with Crippen molar-refractivity contribution < 1.29 is 9.90 Å². The van der Waals surface area contributed by atoms with Gasteiger partial charge in [-0.1, -0.05) is 36.4 Å². The van der Waals surface area contributed by atoms with E-state index in [4.69, 9.17) is 5.26 Å². The number of nitrogens with zero attached hydrogens (tertiary/aromatic N) is 3. The molecule has 1 radical (unpaired) electrons. The number of carbonyl (C=O) groups is 1. The molecular formula is C24H15N3NaO3. The van der Waals surface area contributed by atoms with Crippen molar-refractivity contribution in [1.29, 1.82) is 5.26 Å². The van der Waals surface area contributed by atoms with Crippen LogP contribution in [0.4, 0.5) is 0 Å². The Kier molecular flexibility index (Phi) is 6.83. The summed E-state index contributed by atoms with van der Waals surface area (Å²) in [6.45, 7) is 0. The number of para-hydroxylation sites is 1. The Hall–Kier alpha value is -3.50. The monoisotopic (exact) mass is 416 g/mol. The topological polar surface area (TPSA) is 96.0 Å². The van der Waals surface area contributed by atoms with Crippen molar-refractivity contribution in [3.63, 3.8) is 0 Å². The minimum atomic E-state index is -1.08. The van der Waals surface area contributed by atoms with E-state index in [0.717, 1.165) is 5.56 Å². The van der Waals surface area contributed by atoms with Gasteiger partial charge in [-0.3, -0.25) is 9.36 Å². The minimum Gasteiger partial charge on any atom is -0.478 e. The zero-order chi connectivity index (χ0) is 21.1. The molecule has 4 rings (SSSR count). The van der Waals surface area contributed by atoms with Gasteiger partial charge in [0.1, 0.15) is 5.82 Å². The molecule has 4 aromatic rings. The second-order valence-corrected chi connectivity index (χ2v) is 6.55. The van der Waals surface area contributed by atoms with Crippen molar-refractivity contribution >= 4 is 58.6 Å². The Balaban J connectivity index is 0.00000272. The minimum absolute atomic E-state index is 0. The van der Waals surface area contributed by atoms with Gasteiger partial charge in [0.25, 0.3) is 5.56 Å². The molecule has 0 unspecified atom stereocenters. The summed E-state index contributed by atoms with van der Waals surface area (Å²) in [4.78, 5) is 29.2. The fourth-order valence-corrected chi connectivity index (χ4v) is 3.13. The van der Waals surface area contributed by atoms with E-state index in [9.17, 15) is 14.7 Å². The zero-order valence-electron chi connectivity index (χ0n) is 16.7. The summed E-state index contributed by atoms with van der Waals surface area (Å²) < 4.78 is 1.40. The largest absolute Gasteiger partial charge is 0.478 e. The van der Waals surface area contributed by atoms with E-state index in [-0.39, 0.29) is 40.7 Å². The summed E-state index contributed by atoms with van der Waals surface area (Å²) in [7, 11) is 0. The van der Waals surface area contributed by atoms with Gasteiger partial charge < -0.3 is 5.11 Å². The molecule has 6 nitrogen and oxygen atoms in total. The first-order valence-corrected chi connectivity index (χ1v) is 9.10. The molecule has 145 valence electrons. The van der Waals surface area contributed by atoms with Crippen molar-refractivity contribution in [2.24, 2.45) is 0 Å². The van der Waals surface area contributed by atoms with E-state index in [1.165, 1.54) is 16.7 Å². The molecule has 0 bridgehead atoms. The predicted molar refractivity (Wildman–Crippen MR) is 120 cm³/mol. The fraction of sp³-hybridized carbons (Fsp3) is 0. The number of hydrogen-bond donors (Lipinski definition) is 1. The van der Waals surface area contributed by atoms with Crippen LogP contribution in [0.3, 0.4) is 0 Å². The number of aromatic nitrogens is 2. The molecule has 0 fully saturated rings. The van der Waals surface area contributed by atoms with E-state index in [0.29, 0.717) is 28.0 Å². The predicted octanol–water partition coefficient (Wildman–Crippen LogP) is 3.75. The van der Waals surface area contributed by atoms with Crippen LogP contribution in [-0.2, 0) is 0 Å². The summed E-state index contributed by atoms with van der Waals surface area (Å²) in [5.41, 5.74) is 2.14. The van der Waals surface area contributed by atoms with Crippen molar-refractivity contribution in [3.05, 3.63) is 106 Å². The third-order valence-electron chi connectivity index (χ3n) is 4.62. The average molecular weight is 416 g/mol. The first-order valence-electron chi connectivity index (χ1n) is 9.10. The van der Waals surface area contributed by atoms with E-state index >= 15 is 0 Å². The van der Waals surface area contributed by atoms with Crippen LogP contribution in [0.1, 0.15) is 27.3 Å². The van der Waals surface area contributed by atoms with Gasteiger partial charge in [-0.25, -0.2) is 9.78 Å². The molecule has 0 aliphatic carbocycles. The van der Waals surface area contributed by atoms with Gasteiger partial charge in [-0.15, -0.1) is 0 Å². The number of carboxylic acids is 1. The molecule has 1 N–H and O–H groups in total. The molecule has 0 atom stereocenters. The quantitative estimate of drug-likeness (QED) is 0.511. The van der Waals surface area contributed by atoms with E-state index in [2.05, 4.69) is 11.1 Å². The molecule has 7 heteroatoms. The van der Waals surface area contributed by atoms with Gasteiger partial charge in [-0.05, 0) is 54.1 Å². The second-order valence-electron chi connectivity index (χ2n) is 6.55. The number of carboxylic acid groups (broad SMARTS) is 1. The van der Waals surface area contributed by atoms with Gasteiger partial charge in [0.05, 0.1) is 33.8 Å². The first kappa shape index (κ1) is 22.2. The van der Waals surface area contributed by atoms with E-state index in [1.807, 2.05) is 0 Å². The van der Waals surface area contributed by atoms with Crippen LogP contribution in [0.2, 0.25) is 0 Å². The van der Waals surface area contributed by atoms with Gasteiger partial charge in [0, 0.05) is 29.6 Å². The standard InChI is InChI=1S/C24H15N3O3.Na/c25-15-17-10-8-16(9-11-17)12-13-22-26-21-7-2-1-6-20(21)23(28)27(22)19-5-3-4-18(14-19)24(29)30;/h1-14H,(H,29,30);/b13-12+;. The summed E-state index contributed by atoms with van der Waals surface area (Å²) >= 11 is 0. The summed E-state index contributed by atoms with van der Waals surface area (Å²) in [5.74, 6) is -0.709. The van der Waals surface area contributed by atoms with Crippen LogP contribution in [0.15, 0.2) is 77.6 Å². The molecule has 1 aromatic heterocycles. The molecule has 0 amide bonds. The van der Waals surface area contributed by atoms with Gasteiger partial charge in [0.2, 0.25) is 0 Å². The number of aromatic carboxylic acids is 1. The Bertz CT molecular complexity index is 1400. The number of nitriles is 1. The zero-order valence-corrected chi connectivity index (χ0v) is 18.7. The third-order valence-corrected chi connectivity index (χ3v) is 4.62. The number of rotatable bonds is 4. The molecule has 0 saturated heterocycles. The van der Waals surface area contributed by atoms with Gasteiger partial charge >= 0.3 is 5.97 Å². The van der Waals surface area contributed by atoms with E-state index < -0.39 is 5.97 Å². The molecule has 0 aliphatic rings. The maximum absolute atomic E-state index is 13.2. The number of benzene rings is 3. The Labute approximate surface area is 200 Å². The first-order chi connectivity index (χ1) is 14.6. The number of fused-ring (bicyclic) bond motifs is 1. The Morgan fingerprint density at radius 1 is 1.00 bits per heavy atom. The smallest absolute Gasteiger partial charge is 0.335 e. The maximum Gasteiger partial charge on any atom is 0.335 e. The van der Waals surface area contributed by atoms with Crippen LogP contribution < -0.4 is 5.56 Å². The van der Waals surface area contributed by atoms with Crippen molar-refractivity contribution in [1.82, 2.24) is 9.55 Å². The molecule has 0 spiro atoms. The number of hydrogen-bond acceptors (Lipinski definition) is 4. The van der Waals surface area contributed by atoms with Crippen LogP contribution in [0.25, 0.3) is 28.7 Å². The van der Waals surface area contributed by atoms with Crippen LogP contribution in [0.5, 0.6) is 0 Å².